The number of halogens is 1. The fourth-order valence-corrected chi connectivity index (χ4v) is 2.82. The van der Waals surface area contributed by atoms with E-state index < -0.39 is 4.92 Å². The number of nitro groups is 1. The van der Waals surface area contributed by atoms with Crippen LogP contribution in [0, 0.1) is 15.9 Å². The normalized spacial score (nSPS) is 11.6. The Labute approximate surface area is 155 Å². The predicted octanol–water partition coefficient (Wildman–Crippen LogP) is 3.12. The summed E-state index contributed by atoms with van der Waals surface area (Å²) in [7, 11) is 1.68. The van der Waals surface area contributed by atoms with Gasteiger partial charge in [-0.15, -0.1) is 0 Å². The van der Waals surface area contributed by atoms with E-state index in [0.29, 0.717) is 19.0 Å². The van der Waals surface area contributed by atoms with Gasteiger partial charge in [0.05, 0.1) is 4.92 Å². The van der Waals surface area contributed by atoms with Crippen LogP contribution in [0.1, 0.15) is 11.1 Å². The van der Waals surface area contributed by atoms with E-state index in [-0.39, 0.29) is 11.5 Å². The number of aromatic amines is 1. The molecule has 0 bridgehead atoms. The fraction of sp³-hybridized carbons (Fsp3) is 0.211. The average molecular weight is 369 g/mol. The zero-order valence-corrected chi connectivity index (χ0v) is 14.8. The summed E-state index contributed by atoms with van der Waals surface area (Å²) in [6.07, 6.45) is 2.64. The van der Waals surface area contributed by atoms with Crippen LogP contribution in [0.15, 0.2) is 53.7 Å². The first-order chi connectivity index (χ1) is 13.1. The highest BCUT2D eigenvalue weighted by Crippen LogP contribution is 2.19. The summed E-state index contributed by atoms with van der Waals surface area (Å²) >= 11 is 0. The summed E-state index contributed by atoms with van der Waals surface area (Å²) in [5.41, 5.74) is 2.87. The van der Waals surface area contributed by atoms with E-state index in [1.165, 1.54) is 24.3 Å². The Hall–Kier alpha value is -3.42. The van der Waals surface area contributed by atoms with Gasteiger partial charge in [0.2, 0.25) is 0 Å². The number of fused-ring (bicyclic) bond motifs is 1. The highest BCUT2D eigenvalue weighted by molar-refractivity contribution is 5.83. The molecule has 0 radical (unpaired) electrons. The first kappa shape index (κ1) is 18.4. The smallest absolute Gasteiger partial charge is 0.269 e. The number of guanidine groups is 1. The highest BCUT2D eigenvalue weighted by Gasteiger charge is 2.06. The van der Waals surface area contributed by atoms with Crippen molar-refractivity contribution in [3.8, 4) is 0 Å². The van der Waals surface area contributed by atoms with E-state index in [2.05, 4.69) is 20.6 Å². The Morgan fingerprint density at radius 1 is 1.22 bits per heavy atom. The van der Waals surface area contributed by atoms with Crippen molar-refractivity contribution in [2.45, 2.75) is 13.0 Å². The van der Waals surface area contributed by atoms with Gasteiger partial charge in [-0.25, -0.2) is 4.39 Å². The lowest BCUT2D eigenvalue weighted by molar-refractivity contribution is -0.384. The Balaban J connectivity index is 1.51. The second-order valence-corrected chi connectivity index (χ2v) is 6.03. The van der Waals surface area contributed by atoms with E-state index in [0.717, 1.165) is 28.5 Å². The van der Waals surface area contributed by atoms with Gasteiger partial charge in [-0.2, -0.15) is 0 Å². The molecule has 0 amide bonds. The summed E-state index contributed by atoms with van der Waals surface area (Å²) < 4.78 is 13.2. The third-order valence-corrected chi connectivity index (χ3v) is 4.25. The van der Waals surface area contributed by atoms with Crippen molar-refractivity contribution in [3.05, 3.63) is 75.7 Å². The molecule has 0 atom stereocenters. The first-order valence-corrected chi connectivity index (χ1v) is 8.50. The molecule has 0 aliphatic rings. The topological polar surface area (TPSA) is 95.3 Å². The van der Waals surface area contributed by atoms with Crippen LogP contribution in [0.2, 0.25) is 0 Å². The minimum atomic E-state index is -0.420. The Bertz CT molecular complexity index is 966. The fourth-order valence-electron chi connectivity index (χ4n) is 2.82. The van der Waals surface area contributed by atoms with Crippen LogP contribution in [-0.4, -0.2) is 29.5 Å². The SMILES string of the molecule is CN=C(NCCc1c[nH]c2cc(F)ccc12)NCc1ccc([N+](=O)[O-])cc1. The summed E-state index contributed by atoms with van der Waals surface area (Å²) in [5.74, 6) is 0.379. The summed E-state index contributed by atoms with van der Waals surface area (Å²) in [4.78, 5) is 17.5. The minimum absolute atomic E-state index is 0.0693. The number of aromatic nitrogens is 1. The number of rotatable bonds is 6. The number of nitro benzene ring substituents is 1. The molecule has 8 heteroatoms. The lowest BCUT2D eigenvalue weighted by Gasteiger charge is -2.11. The number of aliphatic imine (C=N–C) groups is 1. The molecule has 7 nitrogen and oxygen atoms in total. The molecule has 0 saturated carbocycles. The molecule has 2 aromatic carbocycles. The van der Waals surface area contributed by atoms with Crippen molar-refractivity contribution in [1.29, 1.82) is 0 Å². The maximum Gasteiger partial charge on any atom is 0.269 e. The predicted molar refractivity (Wildman–Crippen MR) is 103 cm³/mol. The number of nitrogens with one attached hydrogen (secondary N) is 3. The van der Waals surface area contributed by atoms with E-state index in [9.17, 15) is 14.5 Å². The molecule has 0 aliphatic heterocycles. The van der Waals surface area contributed by atoms with Gasteiger partial charge < -0.3 is 15.6 Å². The highest BCUT2D eigenvalue weighted by atomic mass is 19.1. The van der Waals surface area contributed by atoms with Crippen LogP contribution in [-0.2, 0) is 13.0 Å². The molecule has 3 rings (SSSR count). The van der Waals surface area contributed by atoms with Gasteiger partial charge in [0.25, 0.3) is 5.69 Å². The van der Waals surface area contributed by atoms with Gasteiger partial charge in [0.15, 0.2) is 5.96 Å². The van der Waals surface area contributed by atoms with Gasteiger partial charge in [-0.3, -0.25) is 15.1 Å². The quantitative estimate of drug-likeness (QED) is 0.269. The van der Waals surface area contributed by atoms with Crippen LogP contribution in [0.25, 0.3) is 10.9 Å². The summed E-state index contributed by atoms with van der Waals surface area (Å²) in [6, 6.07) is 11.1. The maximum absolute atomic E-state index is 13.2. The van der Waals surface area contributed by atoms with Crippen LogP contribution in [0.3, 0.4) is 0 Å². The Kier molecular flexibility index (Phi) is 5.65. The summed E-state index contributed by atoms with van der Waals surface area (Å²) in [5, 5.41) is 18.1. The number of H-pyrrole nitrogens is 1. The van der Waals surface area contributed by atoms with E-state index >= 15 is 0 Å². The molecular weight excluding hydrogens is 349 g/mol. The number of hydrogen-bond donors (Lipinski definition) is 3. The summed E-state index contributed by atoms with van der Waals surface area (Å²) in [6.45, 7) is 1.16. The van der Waals surface area contributed by atoms with Gasteiger partial charge in [-0.05, 0) is 35.7 Å². The van der Waals surface area contributed by atoms with E-state index in [4.69, 9.17) is 0 Å². The van der Waals surface area contributed by atoms with Crippen LogP contribution < -0.4 is 10.6 Å². The Morgan fingerprint density at radius 2 is 2.00 bits per heavy atom. The van der Waals surface area contributed by atoms with E-state index in [1.54, 1.807) is 25.2 Å². The second-order valence-electron chi connectivity index (χ2n) is 6.03. The molecule has 0 unspecified atom stereocenters. The molecule has 3 aromatic rings. The first-order valence-electron chi connectivity index (χ1n) is 8.50. The van der Waals surface area contributed by atoms with Crippen molar-refractivity contribution >= 4 is 22.5 Å². The van der Waals surface area contributed by atoms with Gasteiger partial charge in [0, 0.05) is 49.4 Å². The molecular formula is C19H20FN5O2. The molecule has 140 valence electrons. The zero-order chi connectivity index (χ0) is 19.2. The van der Waals surface area contributed by atoms with Crippen LogP contribution in [0.5, 0.6) is 0 Å². The lowest BCUT2D eigenvalue weighted by atomic mass is 10.1. The Morgan fingerprint density at radius 3 is 2.70 bits per heavy atom. The maximum atomic E-state index is 13.2. The monoisotopic (exact) mass is 369 g/mol. The minimum Gasteiger partial charge on any atom is -0.361 e. The van der Waals surface area contributed by atoms with Gasteiger partial charge >= 0.3 is 0 Å². The zero-order valence-electron chi connectivity index (χ0n) is 14.8. The second kappa shape index (κ2) is 8.31. The largest absolute Gasteiger partial charge is 0.361 e. The average Bonchev–Trinajstić information content (AvgIpc) is 3.06. The molecule has 3 N–H and O–H groups in total. The molecule has 0 aliphatic carbocycles. The van der Waals surface area contributed by atoms with Gasteiger partial charge in [-0.1, -0.05) is 12.1 Å². The molecule has 0 saturated heterocycles. The third-order valence-electron chi connectivity index (χ3n) is 4.25. The number of benzene rings is 2. The van der Waals surface area contributed by atoms with Crippen molar-refractivity contribution < 1.29 is 9.31 Å². The number of nitrogens with zero attached hydrogens (tertiary/aromatic N) is 2. The van der Waals surface area contributed by atoms with Crippen molar-refractivity contribution in [2.75, 3.05) is 13.6 Å². The molecule has 0 fully saturated rings. The standard InChI is InChI=1S/C19H20FN5O2/c1-21-19(24-11-13-2-5-16(6-3-13)25(26)27)22-9-8-14-12-23-18-10-15(20)4-7-17(14)18/h2-7,10,12,23H,8-9,11H2,1H3,(H2,21,22,24). The molecule has 0 spiro atoms. The van der Waals surface area contributed by atoms with Crippen LogP contribution in [0.4, 0.5) is 10.1 Å². The molecule has 27 heavy (non-hydrogen) atoms. The number of non-ortho nitro benzene ring substituents is 1. The molecule has 1 heterocycles. The third kappa shape index (κ3) is 4.60. The number of hydrogen-bond acceptors (Lipinski definition) is 3. The van der Waals surface area contributed by atoms with Crippen LogP contribution >= 0.6 is 0 Å². The van der Waals surface area contributed by atoms with E-state index in [1.807, 2.05) is 6.20 Å². The van der Waals surface area contributed by atoms with Crippen molar-refractivity contribution in [1.82, 2.24) is 15.6 Å². The molecule has 1 aromatic heterocycles. The van der Waals surface area contributed by atoms with Gasteiger partial charge in [0.1, 0.15) is 5.82 Å². The van der Waals surface area contributed by atoms with Crippen molar-refractivity contribution in [2.24, 2.45) is 4.99 Å². The lowest BCUT2D eigenvalue weighted by Crippen LogP contribution is -2.37. The van der Waals surface area contributed by atoms with Crippen molar-refractivity contribution in [3.63, 3.8) is 0 Å².